The van der Waals surface area contributed by atoms with Crippen LogP contribution in [0.3, 0.4) is 0 Å². The number of esters is 1. The van der Waals surface area contributed by atoms with Gasteiger partial charge < -0.3 is 14.8 Å². The normalized spacial score (nSPS) is 12.0. The van der Waals surface area contributed by atoms with Crippen molar-refractivity contribution in [2.45, 2.75) is 38.8 Å². The molecule has 2 aromatic rings. The van der Waals surface area contributed by atoms with E-state index in [2.05, 4.69) is 5.32 Å². The number of ketones is 1. The minimum atomic E-state index is -0.893. The van der Waals surface area contributed by atoms with Crippen molar-refractivity contribution in [1.82, 2.24) is 5.32 Å². The van der Waals surface area contributed by atoms with E-state index in [1.807, 2.05) is 18.2 Å². The molecule has 0 aliphatic carbocycles. The first-order valence-electron chi connectivity index (χ1n) is 8.95. The summed E-state index contributed by atoms with van der Waals surface area (Å²) in [5.74, 6) is -0.654. The second-order valence-electron chi connectivity index (χ2n) is 7.32. The number of hydrogen-bond acceptors (Lipinski definition) is 5. The minimum absolute atomic E-state index is 0.0800. The van der Waals surface area contributed by atoms with Crippen molar-refractivity contribution in [3.63, 3.8) is 0 Å². The van der Waals surface area contributed by atoms with E-state index >= 15 is 0 Å². The van der Waals surface area contributed by atoms with Crippen molar-refractivity contribution >= 4 is 17.8 Å². The Bertz CT molecular complexity index is 822. The van der Waals surface area contributed by atoms with E-state index in [0.29, 0.717) is 11.1 Å². The third-order valence-corrected chi connectivity index (χ3v) is 3.87. The number of alkyl carbamates (subject to hydrolysis) is 1. The average molecular weight is 383 g/mol. The Morgan fingerprint density at radius 3 is 2.04 bits per heavy atom. The van der Waals surface area contributed by atoms with Crippen molar-refractivity contribution in [3.05, 3.63) is 71.3 Å². The molecule has 6 heteroatoms. The first-order chi connectivity index (χ1) is 13.2. The fourth-order valence-corrected chi connectivity index (χ4v) is 2.57. The molecule has 2 rings (SSSR count). The average Bonchev–Trinajstić information content (AvgIpc) is 2.66. The molecule has 0 aliphatic heterocycles. The van der Waals surface area contributed by atoms with Crippen LogP contribution in [0.1, 0.15) is 42.3 Å². The largest absolute Gasteiger partial charge is 0.467 e. The molecule has 0 aromatic heterocycles. The molecular weight excluding hydrogens is 358 g/mol. The van der Waals surface area contributed by atoms with Crippen LogP contribution in [0.2, 0.25) is 0 Å². The van der Waals surface area contributed by atoms with Crippen LogP contribution in [0.15, 0.2) is 54.6 Å². The molecule has 0 aliphatic rings. The van der Waals surface area contributed by atoms with E-state index in [9.17, 15) is 14.4 Å². The van der Waals surface area contributed by atoms with Gasteiger partial charge in [0.05, 0.1) is 7.11 Å². The summed E-state index contributed by atoms with van der Waals surface area (Å²) in [6.45, 7) is 5.21. The first kappa shape index (κ1) is 21.2. The van der Waals surface area contributed by atoms with E-state index in [1.165, 1.54) is 7.11 Å². The Morgan fingerprint density at radius 1 is 0.929 bits per heavy atom. The number of nitrogens with one attached hydrogen (secondary N) is 1. The topological polar surface area (TPSA) is 81.7 Å². The van der Waals surface area contributed by atoms with Gasteiger partial charge in [-0.25, -0.2) is 9.59 Å². The SMILES string of the molecule is COC(=O)[C@@H](Cc1ccc(C(=O)c2ccccc2)cc1)NC(=O)OC(C)(C)C. The summed E-state index contributed by atoms with van der Waals surface area (Å²) in [4.78, 5) is 36.5. The summed E-state index contributed by atoms with van der Waals surface area (Å²) in [5, 5.41) is 2.53. The summed E-state index contributed by atoms with van der Waals surface area (Å²) >= 11 is 0. The Balaban J connectivity index is 2.09. The lowest BCUT2D eigenvalue weighted by Gasteiger charge is -2.22. The van der Waals surface area contributed by atoms with Gasteiger partial charge in [-0.05, 0) is 26.3 Å². The van der Waals surface area contributed by atoms with Crippen molar-refractivity contribution in [1.29, 1.82) is 0 Å². The van der Waals surface area contributed by atoms with E-state index in [-0.39, 0.29) is 12.2 Å². The van der Waals surface area contributed by atoms with Crippen molar-refractivity contribution in [2.24, 2.45) is 0 Å². The van der Waals surface area contributed by atoms with E-state index < -0.39 is 23.7 Å². The van der Waals surface area contributed by atoms with E-state index in [0.717, 1.165) is 5.56 Å². The predicted molar refractivity (Wildman–Crippen MR) is 105 cm³/mol. The third-order valence-electron chi connectivity index (χ3n) is 3.87. The number of methoxy groups -OCH3 is 1. The number of amides is 1. The van der Waals surface area contributed by atoms with Crippen LogP contribution in [-0.4, -0.2) is 36.6 Å². The van der Waals surface area contributed by atoms with Gasteiger partial charge >= 0.3 is 12.1 Å². The van der Waals surface area contributed by atoms with Crippen LogP contribution in [0.5, 0.6) is 0 Å². The number of ether oxygens (including phenoxy) is 2. The highest BCUT2D eigenvalue weighted by atomic mass is 16.6. The number of carbonyl (C=O) groups excluding carboxylic acids is 3. The molecule has 2 aromatic carbocycles. The molecule has 0 spiro atoms. The molecule has 0 saturated carbocycles. The number of carbonyl (C=O) groups is 3. The smallest absolute Gasteiger partial charge is 0.408 e. The third kappa shape index (κ3) is 6.23. The lowest BCUT2D eigenvalue weighted by atomic mass is 9.99. The number of benzene rings is 2. The summed E-state index contributed by atoms with van der Waals surface area (Å²) in [7, 11) is 1.26. The molecule has 1 atom stereocenters. The molecule has 0 heterocycles. The Kier molecular flexibility index (Phi) is 6.93. The molecule has 6 nitrogen and oxygen atoms in total. The highest BCUT2D eigenvalue weighted by molar-refractivity contribution is 6.08. The molecule has 148 valence electrons. The molecular formula is C22H25NO5. The van der Waals surface area contributed by atoms with E-state index in [4.69, 9.17) is 9.47 Å². The van der Waals surface area contributed by atoms with Crippen LogP contribution in [-0.2, 0) is 20.7 Å². The lowest BCUT2D eigenvalue weighted by Crippen LogP contribution is -2.45. The zero-order valence-corrected chi connectivity index (χ0v) is 16.5. The zero-order valence-electron chi connectivity index (χ0n) is 16.5. The van der Waals surface area contributed by atoms with Gasteiger partial charge in [0.25, 0.3) is 0 Å². The van der Waals surface area contributed by atoms with Gasteiger partial charge in [0, 0.05) is 17.5 Å². The van der Waals surface area contributed by atoms with Crippen LogP contribution >= 0.6 is 0 Å². The maximum atomic E-state index is 12.5. The van der Waals surface area contributed by atoms with Crippen LogP contribution in [0.25, 0.3) is 0 Å². The molecule has 0 radical (unpaired) electrons. The highest BCUT2D eigenvalue weighted by Crippen LogP contribution is 2.13. The number of hydrogen-bond donors (Lipinski definition) is 1. The molecule has 0 unspecified atom stereocenters. The van der Waals surface area contributed by atoms with Crippen LogP contribution in [0, 0.1) is 0 Å². The second-order valence-corrected chi connectivity index (χ2v) is 7.32. The summed E-state index contributed by atoms with van der Waals surface area (Å²) in [6, 6.07) is 15.0. The summed E-state index contributed by atoms with van der Waals surface area (Å²) in [5.41, 5.74) is 1.25. The van der Waals surface area contributed by atoms with Crippen molar-refractivity contribution < 1.29 is 23.9 Å². The molecule has 28 heavy (non-hydrogen) atoms. The maximum absolute atomic E-state index is 12.5. The van der Waals surface area contributed by atoms with Crippen molar-refractivity contribution in [2.75, 3.05) is 7.11 Å². The maximum Gasteiger partial charge on any atom is 0.408 e. The van der Waals surface area contributed by atoms with Gasteiger partial charge in [0.1, 0.15) is 11.6 Å². The molecule has 0 bridgehead atoms. The van der Waals surface area contributed by atoms with E-state index in [1.54, 1.807) is 57.2 Å². The second kappa shape index (κ2) is 9.17. The van der Waals surface area contributed by atoms with Gasteiger partial charge in [-0.3, -0.25) is 4.79 Å². The fourth-order valence-electron chi connectivity index (χ4n) is 2.57. The minimum Gasteiger partial charge on any atom is -0.467 e. The van der Waals surface area contributed by atoms with Crippen LogP contribution in [0.4, 0.5) is 4.79 Å². The lowest BCUT2D eigenvalue weighted by molar-refractivity contribution is -0.143. The summed E-state index contributed by atoms with van der Waals surface area (Å²) < 4.78 is 9.97. The van der Waals surface area contributed by atoms with Gasteiger partial charge in [-0.15, -0.1) is 0 Å². The number of rotatable bonds is 6. The monoisotopic (exact) mass is 383 g/mol. The van der Waals surface area contributed by atoms with Crippen LogP contribution < -0.4 is 5.32 Å². The van der Waals surface area contributed by atoms with Gasteiger partial charge in [-0.2, -0.15) is 0 Å². The molecule has 0 saturated heterocycles. The molecule has 1 amide bonds. The highest BCUT2D eigenvalue weighted by Gasteiger charge is 2.25. The standard InChI is InChI=1S/C22H25NO5/c1-22(2,3)28-21(26)23-18(20(25)27-4)14-15-10-12-17(13-11-15)19(24)16-8-6-5-7-9-16/h5-13,18H,14H2,1-4H3,(H,23,26)/t18-/m1/s1. The predicted octanol–water partition coefficient (Wildman–Crippen LogP) is 3.53. The zero-order chi connectivity index (χ0) is 20.7. The fraction of sp³-hybridized carbons (Fsp3) is 0.318. The molecule has 1 N–H and O–H groups in total. The Labute approximate surface area is 164 Å². The summed E-state index contributed by atoms with van der Waals surface area (Å²) in [6.07, 6.45) is -0.482. The quantitative estimate of drug-likeness (QED) is 0.610. The Morgan fingerprint density at radius 2 is 1.50 bits per heavy atom. The molecule has 0 fully saturated rings. The van der Waals surface area contributed by atoms with Crippen molar-refractivity contribution in [3.8, 4) is 0 Å². The Hall–Kier alpha value is -3.15. The first-order valence-corrected chi connectivity index (χ1v) is 8.95. The van der Waals surface area contributed by atoms with Gasteiger partial charge in [-0.1, -0.05) is 54.6 Å². The van der Waals surface area contributed by atoms with Gasteiger partial charge in [0.15, 0.2) is 5.78 Å². The van der Waals surface area contributed by atoms with Gasteiger partial charge in [0.2, 0.25) is 0 Å².